The first-order valence-corrected chi connectivity index (χ1v) is 8.79. The van der Waals surface area contributed by atoms with Gasteiger partial charge in [-0.15, -0.1) is 0 Å². The van der Waals surface area contributed by atoms with E-state index in [2.05, 4.69) is 10.3 Å². The van der Waals surface area contributed by atoms with E-state index in [0.717, 1.165) is 12.8 Å². The highest BCUT2D eigenvalue weighted by Crippen LogP contribution is 2.27. The number of carbonyl (C=O) groups is 2. The van der Waals surface area contributed by atoms with Crippen molar-refractivity contribution in [1.82, 2.24) is 9.88 Å². The molecule has 0 bridgehead atoms. The minimum Gasteiger partial charge on any atom is -0.327 e. The summed E-state index contributed by atoms with van der Waals surface area (Å²) < 4.78 is 0. The lowest BCUT2D eigenvalue weighted by molar-refractivity contribution is -0.121. The second kappa shape index (κ2) is 7.85. The molecule has 7 heteroatoms. The molecule has 0 unspecified atom stereocenters. The first-order chi connectivity index (χ1) is 12.1. The molecule has 1 aromatic heterocycles. The van der Waals surface area contributed by atoms with Gasteiger partial charge in [-0.3, -0.25) is 14.6 Å². The molecule has 1 saturated heterocycles. The Labute approximate surface area is 155 Å². The summed E-state index contributed by atoms with van der Waals surface area (Å²) in [6.07, 6.45) is 5.53. The molecule has 0 aliphatic carbocycles. The second-order valence-corrected chi connectivity index (χ2v) is 6.70. The number of piperidine rings is 1. The number of pyridine rings is 1. The van der Waals surface area contributed by atoms with Crippen LogP contribution in [-0.2, 0) is 4.79 Å². The fraction of sp³-hybridized carbons (Fsp3) is 0.278. The number of hydrogen-bond donors (Lipinski definition) is 1. The largest absolute Gasteiger partial charge is 0.327 e. The summed E-state index contributed by atoms with van der Waals surface area (Å²) in [7, 11) is 0. The zero-order chi connectivity index (χ0) is 17.8. The van der Waals surface area contributed by atoms with Gasteiger partial charge in [-0.25, -0.2) is 0 Å². The van der Waals surface area contributed by atoms with Crippen molar-refractivity contribution < 1.29 is 9.59 Å². The van der Waals surface area contributed by atoms with Crippen LogP contribution >= 0.6 is 23.2 Å². The number of nitrogens with zero attached hydrogens (tertiary/aromatic N) is 2. The molecule has 0 radical (unpaired) electrons. The van der Waals surface area contributed by atoms with Crippen LogP contribution in [-0.4, -0.2) is 34.3 Å². The Bertz CT molecular complexity index is 783. The number of hydrogen-bond acceptors (Lipinski definition) is 3. The predicted molar refractivity (Wildman–Crippen MR) is 98.0 cm³/mol. The summed E-state index contributed by atoms with van der Waals surface area (Å²) in [5.41, 5.74) is 1.01. The van der Waals surface area contributed by atoms with Gasteiger partial charge >= 0.3 is 0 Å². The zero-order valence-corrected chi connectivity index (χ0v) is 14.9. The molecule has 1 atom stereocenters. The van der Waals surface area contributed by atoms with Crippen molar-refractivity contribution in [3.8, 4) is 0 Å². The lowest BCUT2D eigenvalue weighted by atomic mass is 10.00. The van der Waals surface area contributed by atoms with Crippen LogP contribution in [0, 0.1) is 0 Å². The minimum atomic E-state index is -0.527. The van der Waals surface area contributed by atoms with Crippen LogP contribution in [0.3, 0.4) is 0 Å². The predicted octanol–water partition coefficient (Wildman–Crippen LogP) is 4.02. The van der Waals surface area contributed by atoms with Gasteiger partial charge in [-0.05, 0) is 49.6 Å². The average molecular weight is 378 g/mol. The molecule has 0 saturated carbocycles. The lowest BCUT2D eigenvalue weighted by Gasteiger charge is -2.34. The number of likely N-dealkylation sites (tertiary alicyclic amines) is 1. The van der Waals surface area contributed by atoms with Gasteiger partial charge in [-0.2, -0.15) is 0 Å². The molecule has 1 aliphatic rings. The molecular weight excluding hydrogens is 361 g/mol. The summed E-state index contributed by atoms with van der Waals surface area (Å²) in [6.45, 7) is 0.549. The number of amides is 2. The van der Waals surface area contributed by atoms with Crippen molar-refractivity contribution in [2.24, 2.45) is 0 Å². The highest BCUT2D eigenvalue weighted by Gasteiger charge is 2.32. The van der Waals surface area contributed by atoms with Crippen LogP contribution in [0.5, 0.6) is 0 Å². The maximum Gasteiger partial charge on any atom is 0.254 e. The minimum absolute atomic E-state index is 0.163. The first-order valence-electron chi connectivity index (χ1n) is 8.03. The topological polar surface area (TPSA) is 62.3 Å². The molecule has 2 heterocycles. The number of rotatable bonds is 3. The van der Waals surface area contributed by atoms with Crippen LogP contribution < -0.4 is 5.32 Å². The first kappa shape index (κ1) is 17.7. The third-order valence-corrected chi connectivity index (χ3v) is 4.73. The Balaban J connectivity index is 1.78. The fourth-order valence-electron chi connectivity index (χ4n) is 2.91. The summed E-state index contributed by atoms with van der Waals surface area (Å²) in [6, 6.07) is 7.66. The Morgan fingerprint density at radius 3 is 2.60 bits per heavy atom. The van der Waals surface area contributed by atoms with Crippen molar-refractivity contribution >= 4 is 40.7 Å². The van der Waals surface area contributed by atoms with E-state index >= 15 is 0 Å². The van der Waals surface area contributed by atoms with E-state index in [1.54, 1.807) is 47.6 Å². The Hall–Kier alpha value is -2.11. The molecule has 1 fully saturated rings. The van der Waals surface area contributed by atoms with Gasteiger partial charge in [0.05, 0.1) is 10.7 Å². The molecule has 1 aliphatic heterocycles. The van der Waals surface area contributed by atoms with E-state index in [4.69, 9.17) is 23.2 Å². The Morgan fingerprint density at radius 2 is 1.88 bits per heavy atom. The van der Waals surface area contributed by atoms with E-state index in [0.29, 0.717) is 34.3 Å². The quantitative estimate of drug-likeness (QED) is 0.878. The molecule has 130 valence electrons. The third kappa shape index (κ3) is 4.11. The van der Waals surface area contributed by atoms with Gasteiger partial charge in [0.2, 0.25) is 5.91 Å². The van der Waals surface area contributed by atoms with Crippen LogP contribution in [0.25, 0.3) is 0 Å². The van der Waals surface area contributed by atoms with Crippen LogP contribution in [0.4, 0.5) is 5.69 Å². The van der Waals surface area contributed by atoms with Crippen molar-refractivity contribution in [2.45, 2.75) is 25.3 Å². The molecule has 2 amide bonds. The molecule has 25 heavy (non-hydrogen) atoms. The summed E-state index contributed by atoms with van der Waals surface area (Å²) in [4.78, 5) is 31.0. The molecule has 2 aromatic rings. The SMILES string of the molecule is O=C(Nc1ccc(Cl)cc1Cl)[C@@H]1CCCCN1C(=O)c1ccncc1. The zero-order valence-electron chi connectivity index (χ0n) is 13.4. The molecule has 1 N–H and O–H groups in total. The fourth-order valence-corrected chi connectivity index (χ4v) is 3.37. The van der Waals surface area contributed by atoms with Crippen molar-refractivity contribution in [2.75, 3.05) is 11.9 Å². The van der Waals surface area contributed by atoms with E-state index < -0.39 is 6.04 Å². The van der Waals surface area contributed by atoms with Crippen LogP contribution in [0.2, 0.25) is 10.0 Å². The number of benzene rings is 1. The number of nitrogens with one attached hydrogen (secondary N) is 1. The molecule has 5 nitrogen and oxygen atoms in total. The van der Waals surface area contributed by atoms with Crippen molar-refractivity contribution in [1.29, 1.82) is 0 Å². The average Bonchev–Trinajstić information content (AvgIpc) is 2.64. The van der Waals surface area contributed by atoms with Gasteiger partial charge in [0.15, 0.2) is 0 Å². The molecule has 1 aromatic carbocycles. The van der Waals surface area contributed by atoms with E-state index in [1.165, 1.54) is 0 Å². The molecule has 3 rings (SSSR count). The van der Waals surface area contributed by atoms with Crippen LogP contribution in [0.15, 0.2) is 42.7 Å². The molecular formula is C18H17Cl2N3O2. The number of anilines is 1. The van der Waals surface area contributed by atoms with Crippen molar-refractivity contribution in [3.05, 3.63) is 58.3 Å². The third-order valence-electron chi connectivity index (χ3n) is 4.18. The maximum absolute atomic E-state index is 12.8. The lowest BCUT2D eigenvalue weighted by Crippen LogP contribution is -2.50. The standard InChI is InChI=1S/C18H17Cl2N3O2/c19-13-4-5-15(14(20)11-13)22-17(24)16-3-1-2-10-23(16)18(25)12-6-8-21-9-7-12/h4-9,11,16H,1-3,10H2,(H,22,24)/t16-/m0/s1. The monoisotopic (exact) mass is 377 g/mol. The van der Waals surface area contributed by atoms with Crippen LogP contribution in [0.1, 0.15) is 29.6 Å². The van der Waals surface area contributed by atoms with Crippen molar-refractivity contribution in [3.63, 3.8) is 0 Å². The normalized spacial score (nSPS) is 17.2. The summed E-state index contributed by atoms with van der Waals surface area (Å²) in [5, 5.41) is 3.67. The number of aromatic nitrogens is 1. The second-order valence-electron chi connectivity index (χ2n) is 5.86. The van der Waals surface area contributed by atoms with Gasteiger partial charge < -0.3 is 10.2 Å². The summed E-state index contributed by atoms with van der Waals surface area (Å²) >= 11 is 12.0. The van der Waals surface area contributed by atoms with E-state index in [9.17, 15) is 9.59 Å². The van der Waals surface area contributed by atoms with Gasteiger partial charge in [0.25, 0.3) is 5.91 Å². The van der Waals surface area contributed by atoms with E-state index in [-0.39, 0.29) is 11.8 Å². The number of halogens is 2. The van der Waals surface area contributed by atoms with Gasteiger partial charge in [-0.1, -0.05) is 23.2 Å². The smallest absolute Gasteiger partial charge is 0.254 e. The van der Waals surface area contributed by atoms with Gasteiger partial charge in [0, 0.05) is 29.5 Å². The Morgan fingerprint density at radius 1 is 1.12 bits per heavy atom. The summed E-state index contributed by atoms with van der Waals surface area (Å²) in [5.74, 6) is -0.407. The Kier molecular flexibility index (Phi) is 5.56. The highest BCUT2D eigenvalue weighted by atomic mass is 35.5. The highest BCUT2D eigenvalue weighted by molar-refractivity contribution is 6.36. The van der Waals surface area contributed by atoms with E-state index in [1.807, 2.05) is 0 Å². The number of carbonyl (C=O) groups excluding carboxylic acids is 2. The van der Waals surface area contributed by atoms with Gasteiger partial charge in [0.1, 0.15) is 6.04 Å². The molecule has 0 spiro atoms. The maximum atomic E-state index is 12.8.